The first-order valence-electron chi connectivity index (χ1n) is 6.77. The van der Waals surface area contributed by atoms with Crippen LogP contribution in [0.25, 0.3) is 0 Å². The first-order valence-corrected chi connectivity index (χ1v) is 6.77. The zero-order chi connectivity index (χ0) is 14.0. The van der Waals surface area contributed by atoms with Gasteiger partial charge in [-0.3, -0.25) is 0 Å². The lowest BCUT2D eigenvalue weighted by Crippen LogP contribution is -2.27. The predicted molar refractivity (Wildman–Crippen MR) is 74.4 cm³/mol. The first-order chi connectivity index (χ1) is 8.88. The van der Waals surface area contributed by atoms with Crippen LogP contribution >= 0.6 is 0 Å². The van der Waals surface area contributed by atoms with Crippen molar-refractivity contribution in [3.63, 3.8) is 0 Å². The average Bonchev–Trinajstić information content (AvgIpc) is 2.34. The number of nitrogens with two attached hydrogens (primary N) is 1. The molecule has 1 saturated heterocycles. The molecule has 5 nitrogen and oxygen atoms in total. The maximum absolute atomic E-state index is 5.99. The second kappa shape index (κ2) is 5.33. The lowest BCUT2D eigenvalue weighted by atomic mass is 9.95. The molecule has 1 fully saturated rings. The van der Waals surface area contributed by atoms with Crippen molar-refractivity contribution in [1.29, 1.82) is 0 Å². The maximum Gasteiger partial charge on any atom is 0.222 e. The Morgan fingerprint density at radius 3 is 2.42 bits per heavy atom. The van der Waals surface area contributed by atoms with Gasteiger partial charge in [0.15, 0.2) is 0 Å². The summed E-state index contributed by atoms with van der Waals surface area (Å²) in [7, 11) is 0. The van der Waals surface area contributed by atoms with E-state index < -0.39 is 0 Å². The van der Waals surface area contributed by atoms with Crippen molar-refractivity contribution in [2.24, 2.45) is 0 Å². The Morgan fingerprint density at radius 2 is 1.84 bits per heavy atom. The van der Waals surface area contributed by atoms with Crippen LogP contribution in [0.5, 0.6) is 5.88 Å². The van der Waals surface area contributed by atoms with Crippen molar-refractivity contribution in [3.8, 4) is 5.88 Å². The Kier molecular flexibility index (Phi) is 3.94. The Morgan fingerprint density at radius 1 is 1.21 bits per heavy atom. The first kappa shape index (κ1) is 14.1. The molecule has 0 spiro atoms. The van der Waals surface area contributed by atoms with Crippen LogP contribution in [0.4, 0.5) is 5.82 Å². The van der Waals surface area contributed by atoms with E-state index in [1.807, 2.05) is 6.92 Å². The zero-order valence-corrected chi connectivity index (χ0v) is 12.2. The summed E-state index contributed by atoms with van der Waals surface area (Å²) in [6.07, 6.45) is 1.96. The number of ether oxygens (including phenoxy) is 2. The summed E-state index contributed by atoms with van der Waals surface area (Å²) in [5.74, 6) is 1.84. The number of anilines is 1. The van der Waals surface area contributed by atoms with Crippen LogP contribution in [0, 0.1) is 6.92 Å². The second-order valence-electron chi connectivity index (χ2n) is 6.04. The molecule has 0 bridgehead atoms. The van der Waals surface area contributed by atoms with E-state index in [0.717, 1.165) is 37.4 Å². The SMILES string of the molecule is Cc1c(N)nc(C(C)(C)C)nc1OC1CCOCC1. The topological polar surface area (TPSA) is 70.3 Å². The van der Waals surface area contributed by atoms with Gasteiger partial charge in [-0.2, -0.15) is 4.98 Å². The van der Waals surface area contributed by atoms with E-state index in [2.05, 4.69) is 30.7 Å². The molecule has 0 unspecified atom stereocenters. The van der Waals surface area contributed by atoms with Crippen molar-refractivity contribution < 1.29 is 9.47 Å². The van der Waals surface area contributed by atoms with Gasteiger partial charge < -0.3 is 15.2 Å². The summed E-state index contributed by atoms with van der Waals surface area (Å²) >= 11 is 0. The average molecular weight is 265 g/mol. The monoisotopic (exact) mass is 265 g/mol. The Bertz CT molecular complexity index is 449. The van der Waals surface area contributed by atoms with Crippen molar-refractivity contribution in [2.75, 3.05) is 18.9 Å². The lowest BCUT2D eigenvalue weighted by molar-refractivity contribution is 0.0232. The third-order valence-electron chi connectivity index (χ3n) is 3.26. The van der Waals surface area contributed by atoms with Crippen molar-refractivity contribution in [3.05, 3.63) is 11.4 Å². The van der Waals surface area contributed by atoms with Gasteiger partial charge in [-0.1, -0.05) is 20.8 Å². The van der Waals surface area contributed by atoms with Gasteiger partial charge in [0, 0.05) is 18.3 Å². The number of nitrogen functional groups attached to an aromatic ring is 1. The summed E-state index contributed by atoms with van der Waals surface area (Å²) in [6.45, 7) is 9.59. The van der Waals surface area contributed by atoms with E-state index in [1.165, 1.54) is 0 Å². The molecule has 0 amide bonds. The van der Waals surface area contributed by atoms with Gasteiger partial charge >= 0.3 is 0 Å². The molecule has 0 atom stereocenters. The lowest BCUT2D eigenvalue weighted by Gasteiger charge is -2.25. The molecule has 5 heteroatoms. The van der Waals surface area contributed by atoms with Crippen molar-refractivity contribution >= 4 is 5.82 Å². The molecule has 1 aromatic rings. The number of hydrogen-bond donors (Lipinski definition) is 1. The Labute approximate surface area is 114 Å². The molecule has 2 N–H and O–H groups in total. The molecule has 1 aromatic heterocycles. The molecule has 1 aliphatic heterocycles. The normalized spacial score (nSPS) is 17.5. The van der Waals surface area contributed by atoms with Crippen LogP contribution in [-0.2, 0) is 10.2 Å². The Balaban J connectivity index is 2.25. The standard InChI is InChI=1S/C14H23N3O2/c1-9-11(15)16-13(14(2,3)4)17-12(9)19-10-5-7-18-8-6-10/h10H,5-8H2,1-4H3,(H2,15,16,17). The highest BCUT2D eigenvalue weighted by molar-refractivity contribution is 5.45. The number of nitrogens with zero attached hydrogens (tertiary/aromatic N) is 2. The van der Waals surface area contributed by atoms with Gasteiger partial charge in [-0.15, -0.1) is 0 Å². The maximum atomic E-state index is 5.99. The molecule has 2 rings (SSSR count). The van der Waals surface area contributed by atoms with E-state index in [1.54, 1.807) is 0 Å². The van der Waals surface area contributed by atoms with Gasteiger partial charge in [0.25, 0.3) is 0 Å². The number of rotatable bonds is 2. The fourth-order valence-corrected chi connectivity index (χ4v) is 1.91. The third-order valence-corrected chi connectivity index (χ3v) is 3.26. The van der Waals surface area contributed by atoms with Gasteiger partial charge in [-0.25, -0.2) is 4.98 Å². The highest BCUT2D eigenvalue weighted by Gasteiger charge is 2.23. The van der Waals surface area contributed by atoms with Gasteiger partial charge in [0.2, 0.25) is 5.88 Å². The van der Waals surface area contributed by atoms with Crippen LogP contribution in [0.2, 0.25) is 0 Å². The van der Waals surface area contributed by atoms with Crippen molar-refractivity contribution in [1.82, 2.24) is 9.97 Å². The summed E-state index contributed by atoms with van der Waals surface area (Å²) < 4.78 is 11.3. The van der Waals surface area contributed by atoms with Gasteiger partial charge in [-0.05, 0) is 6.92 Å². The summed E-state index contributed by atoms with van der Waals surface area (Å²) in [4.78, 5) is 8.90. The highest BCUT2D eigenvalue weighted by Crippen LogP contribution is 2.27. The molecule has 0 radical (unpaired) electrons. The minimum Gasteiger partial charge on any atom is -0.474 e. The fourth-order valence-electron chi connectivity index (χ4n) is 1.91. The van der Waals surface area contributed by atoms with E-state index in [4.69, 9.17) is 15.2 Å². The van der Waals surface area contributed by atoms with E-state index in [9.17, 15) is 0 Å². The summed E-state index contributed by atoms with van der Waals surface area (Å²) in [5.41, 5.74) is 6.64. The summed E-state index contributed by atoms with van der Waals surface area (Å²) in [6, 6.07) is 0. The third kappa shape index (κ3) is 3.35. The molecular weight excluding hydrogens is 242 g/mol. The quantitative estimate of drug-likeness (QED) is 0.888. The van der Waals surface area contributed by atoms with E-state index in [-0.39, 0.29) is 11.5 Å². The molecule has 0 aliphatic carbocycles. The molecule has 2 heterocycles. The van der Waals surface area contributed by atoms with Gasteiger partial charge in [0.1, 0.15) is 17.7 Å². The van der Waals surface area contributed by atoms with E-state index >= 15 is 0 Å². The van der Waals surface area contributed by atoms with Crippen LogP contribution in [-0.4, -0.2) is 29.3 Å². The number of hydrogen-bond acceptors (Lipinski definition) is 5. The largest absolute Gasteiger partial charge is 0.474 e. The van der Waals surface area contributed by atoms with Crippen LogP contribution in [0.1, 0.15) is 45.0 Å². The number of aromatic nitrogens is 2. The van der Waals surface area contributed by atoms with Crippen molar-refractivity contribution in [2.45, 2.75) is 52.1 Å². The molecule has 0 aromatic carbocycles. The smallest absolute Gasteiger partial charge is 0.222 e. The molecule has 106 valence electrons. The summed E-state index contributed by atoms with van der Waals surface area (Å²) in [5, 5.41) is 0. The van der Waals surface area contributed by atoms with Gasteiger partial charge in [0.05, 0.1) is 18.8 Å². The second-order valence-corrected chi connectivity index (χ2v) is 6.04. The molecule has 19 heavy (non-hydrogen) atoms. The predicted octanol–water partition coefficient (Wildman–Crippen LogP) is 2.22. The minimum absolute atomic E-state index is 0.143. The Hall–Kier alpha value is -1.36. The zero-order valence-electron chi connectivity index (χ0n) is 12.2. The van der Waals surface area contributed by atoms with Crippen LogP contribution < -0.4 is 10.5 Å². The van der Waals surface area contributed by atoms with E-state index in [0.29, 0.717) is 11.7 Å². The fraction of sp³-hybridized carbons (Fsp3) is 0.714. The molecule has 1 aliphatic rings. The van der Waals surface area contributed by atoms with Crippen LogP contribution in [0.15, 0.2) is 0 Å². The highest BCUT2D eigenvalue weighted by atomic mass is 16.5. The van der Waals surface area contributed by atoms with Crippen LogP contribution in [0.3, 0.4) is 0 Å². The molecule has 0 saturated carbocycles. The minimum atomic E-state index is -0.143. The molecular formula is C14H23N3O2.